The highest BCUT2D eigenvalue weighted by Crippen LogP contribution is 2.19. The second kappa shape index (κ2) is 7.55. The van der Waals surface area contributed by atoms with E-state index in [1.807, 2.05) is 36.4 Å². The van der Waals surface area contributed by atoms with Crippen LogP contribution in [0.3, 0.4) is 0 Å². The molecular formula is C17H19ClN2S. The molecular weight excluding hydrogens is 300 g/mol. The zero-order valence-corrected chi connectivity index (χ0v) is 13.6. The van der Waals surface area contributed by atoms with Crippen molar-refractivity contribution in [3.05, 3.63) is 70.7 Å². The second-order valence-corrected chi connectivity index (χ2v) is 6.10. The zero-order valence-electron chi connectivity index (χ0n) is 12.0. The Morgan fingerprint density at radius 1 is 1.19 bits per heavy atom. The quantitative estimate of drug-likeness (QED) is 0.820. The third-order valence-corrected chi connectivity index (χ3v) is 3.90. The summed E-state index contributed by atoms with van der Waals surface area (Å²) in [4.78, 5) is 2.74. The summed E-state index contributed by atoms with van der Waals surface area (Å²) < 4.78 is 0. The van der Waals surface area contributed by atoms with Crippen molar-refractivity contribution < 1.29 is 0 Å². The Bertz CT molecular complexity index is 601. The number of halogens is 1. The topological polar surface area (TPSA) is 29.3 Å². The molecule has 0 aliphatic heterocycles. The summed E-state index contributed by atoms with van der Waals surface area (Å²) in [6, 6.07) is 18.1. The molecule has 110 valence electrons. The van der Waals surface area contributed by atoms with Gasteiger partial charge in [-0.05, 0) is 30.3 Å². The molecule has 0 spiro atoms. The van der Waals surface area contributed by atoms with E-state index in [9.17, 15) is 0 Å². The largest absolute Gasteiger partial charge is 0.393 e. The maximum Gasteiger partial charge on any atom is 0.0816 e. The maximum absolute atomic E-state index is 6.02. The summed E-state index contributed by atoms with van der Waals surface area (Å²) in [6.45, 7) is 1.60. The normalized spacial score (nSPS) is 12.3. The van der Waals surface area contributed by atoms with Crippen molar-refractivity contribution in [2.75, 3.05) is 13.6 Å². The minimum absolute atomic E-state index is 0.0605. The molecule has 0 amide bonds. The lowest BCUT2D eigenvalue weighted by atomic mass is 9.98. The van der Waals surface area contributed by atoms with E-state index in [1.54, 1.807) is 0 Å². The molecule has 2 rings (SSSR count). The lowest BCUT2D eigenvalue weighted by molar-refractivity contribution is 0.323. The molecule has 1 atom stereocenters. The Hall–Kier alpha value is -1.42. The van der Waals surface area contributed by atoms with Gasteiger partial charge in [0.2, 0.25) is 0 Å². The van der Waals surface area contributed by atoms with Gasteiger partial charge >= 0.3 is 0 Å². The van der Waals surface area contributed by atoms with Crippen LogP contribution in [0.15, 0.2) is 54.6 Å². The standard InChI is InChI=1S/C17H19ClN2S/c1-20(11-13-6-5-9-15(18)10-13)12-16(17(19)21)14-7-3-2-4-8-14/h2-10,16H,11-12H2,1H3,(H2,19,21). The van der Waals surface area contributed by atoms with Crippen LogP contribution >= 0.6 is 23.8 Å². The van der Waals surface area contributed by atoms with Gasteiger partial charge in [0.1, 0.15) is 0 Å². The van der Waals surface area contributed by atoms with Crippen LogP contribution in [0.2, 0.25) is 5.02 Å². The summed E-state index contributed by atoms with van der Waals surface area (Å²) in [5.41, 5.74) is 8.25. The Labute approximate surface area is 136 Å². The molecule has 0 heterocycles. The molecule has 0 radical (unpaired) electrons. The van der Waals surface area contributed by atoms with Gasteiger partial charge in [-0.1, -0.05) is 66.3 Å². The first kappa shape index (κ1) is 16.0. The third kappa shape index (κ3) is 4.81. The van der Waals surface area contributed by atoms with Gasteiger partial charge < -0.3 is 10.6 Å². The highest BCUT2D eigenvalue weighted by atomic mass is 35.5. The average Bonchev–Trinajstić information content (AvgIpc) is 2.45. The molecule has 0 saturated heterocycles. The number of nitrogens with zero attached hydrogens (tertiary/aromatic N) is 1. The highest BCUT2D eigenvalue weighted by Gasteiger charge is 2.16. The fraction of sp³-hybridized carbons (Fsp3) is 0.235. The van der Waals surface area contributed by atoms with Crippen molar-refractivity contribution in [3.63, 3.8) is 0 Å². The first-order valence-electron chi connectivity index (χ1n) is 6.83. The van der Waals surface area contributed by atoms with Crippen LogP contribution in [0.1, 0.15) is 17.0 Å². The SMILES string of the molecule is CN(Cc1cccc(Cl)c1)CC(C(N)=S)c1ccccc1. The van der Waals surface area contributed by atoms with Crippen LogP contribution < -0.4 is 5.73 Å². The molecule has 2 aromatic carbocycles. The molecule has 0 fully saturated rings. The van der Waals surface area contributed by atoms with Crippen LogP contribution in [0.4, 0.5) is 0 Å². The van der Waals surface area contributed by atoms with E-state index in [0.717, 1.165) is 23.7 Å². The number of hydrogen-bond donors (Lipinski definition) is 1. The number of likely N-dealkylation sites (N-methyl/N-ethyl adjacent to an activating group) is 1. The molecule has 0 aliphatic rings. The molecule has 2 N–H and O–H groups in total. The van der Waals surface area contributed by atoms with Crippen LogP contribution in [0, 0.1) is 0 Å². The molecule has 0 saturated carbocycles. The fourth-order valence-electron chi connectivity index (χ4n) is 2.37. The van der Waals surface area contributed by atoms with Crippen molar-refractivity contribution in [1.29, 1.82) is 0 Å². The Balaban J connectivity index is 2.05. The Kier molecular flexibility index (Phi) is 5.74. The van der Waals surface area contributed by atoms with Gasteiger partial charge in [-0.15, -0.1) is 0 Å². The van der Waals surface area contributed by atoms with E-state index in [1.165, 1.54) is 5.56 Å². The molecule has 4 heteroatoms. The molecule has 0 aromatic heterocycles. The number of thiocarbonyl (C=S) groups is 1. The fourth-order valence-corrected chi connectivity index (χ4v) is 2.79. The predicted octanol–water partition coefficient (Wildman–Crippen LogP) is 3.84. The smallest absolute Gasteiger partial charge is 0.0816 e. The molecule has 0 bridgehead atoms. The molecule has 21 heavy (non-hydrogen) atoms. The average molecular weight is 319 g/mol. The van der Waals surface area contributed by atoms with E-state index in [4.69, 9.17) is 29.6 Å². The summed E-state index contributed by atoms with van der Waals surface area (Å²) >= 11 is 11.3. The van der Waals surface area contributed by atoms with Crippen LogP contribution in [0.5, 0.6) is 0 Å². The molecule has 2 nitrogen and oxygen atoms in total. The molecule has 1 unspecified atom stereocenters. The number of benzene rings is 2. The van der Waals surface area contributed by atoms with Gasteiger partial charge in [0.05, 0.1) is 4.99 Å². The van der Waals surface area contributed by atoms with Gasteiger partial charge in [0.25, 0.3) is 0 Å². The first-order chi connectivity index (χ1) is 10.1. The zero-order chi connectivity index (χ0) is 15.2. The van der Waals surface area contributed by atoms with Gasteiger partial charge in [0.15, 0.2) is 0 Å². The van der Waals surface area contributed by atoms with Crippen molar-refractivity contribution in [2.24, 2.45) is 5.73 Å². The Morgan fingerprint density at radius 2 is 1.90 bits per heavy atom. The van der Waals surface area contributed by atoms with Gasteiger partial charge in [-0.25, -0.2) is 0 Å². The van der Waals surface area contributed by atoms with Gasteiger partial charge in [-0.3, -0.25) is 0 Å². The van der Waals surface area contributed by atoms with Crippen LogP contribution in [0.25, 0.3) is 0 Å². The molecule has 2 aromatic rings. The van der Waals surface area contributed by atoms with Gasteiger partial charge in [0, 0.05) is 24.0 Å². The summed E-state index contributed by atoms with van der Waals surface area (Å²) in [5, 5.41) is 0.759. The second-order valence-electron chi connectivity index (χ2n) is 5.19. The monoisotopic (exact) mass is 318 g/mol. The van der Waals surface area contributed by atoms with Gasteiger partial charge in [-0.2, -0.15) is 0 Å². The van der Waals surface area contributed by atoms with Crippen molar-refractivity contribution in [3.8, 4) is 0 Å². The predicted molar refractivity (Wildman–Crippen MR) is 93.8 cm³/mol. The third-order valence-electron chi connectivity index (χ3n) is 3.38. The van der Waals surface area contributed by atoms with E-state index >= 15 is 0 Å². The van der Waals surface area contributed by atoms with Crippen LogP contribution in [-0.4, -0.2) is 23.5 Å². The number of hydrogen-bond acceptors (Lipinski definition) is 2. The summed E-state index contributed by atoms with van der Waals surface area (Å²) in [5.74, 6) is 0.0605. The highest BCUT2D eigenvalue weighted by molar-refractivity contribution is 7.80. The van der Waals surface area contributed by atoms with Crippen molar-refractivity contribution >= 4 is 28.8 Å². The minimum Gasteiger partial charge on any atom is -0.393 e. The van der Waals surface area contributed by atoms with E-state index in [0.29, 0.717) is 4.99 Å². The van der Waals surface area contributed by atoms with E-state index in [2.05, 4.69) is 30.1 Å². The molecule has 0 aliphatic carbocycles. The van der Waals surface area contributed by atoms with Crippen LogP contribution in [-0.2, 0) is 6.54 Å². The summed E-state index contributed by atoms with van der Waals surface area (Å²) in [6.07, 6.45) is 0. The lowest BCUT2D eigenvalue weighted by Crippen LogP contribution is -2.31. The lowest BCUT2D eigenvalue weighted by Gasteiger charge is -2.24. The maximum atomic E-state index is 6.02. The van der Waals surface area contributed by atoms with Crippen molar-refractivity contribution in [2.45, 2.75) is 12.5 Å². The van der Waals surface area contributed by atoms with E-state index in [-0.39, 0.29) is 5.92 Å². The number of rotatable bonds is 6. The first-order valence-corrected chi connectivity index (χ1v) is 7.62. The number of nitrogens with two attached hydrogens (primary N) is 1. The Morgan fingerprint density at radius 3 is 2.52 bits per heavy atom. The minimum atomic E-state index is 0.0605. The summed E-state index contributed by atoms with van der Waals surface area (Å²) in [7, 11) is 2.06. The van der Waals surface area contributed by atoms with E-state index < -0.39 is 0 Å². The van der Waals surface area contributed by atoms with Crippen molar-refractivity contribution in [1.82, 2.24) is 4.90 Å².